The van der Waals surface area contributed by atoms with Gasteiger partial charge in [0.25, 0.3) is 5.91 Å². The van der Waals surface area contributed by atoms with Crippen molar-refractivity contribution in [2.45, 2.75) is 27.3 Å². The first-order valence-corrected chi connectivity index (χ1v) is 9.12. The van der Waals surface area contributed by atoms with Gasteiger partial charge in [-0.05, 0) is 19.9 Å². The predicted molar refractivity (Wildman–Crippen MR) is 99.9 cm³/mol. The van der Waals surface area contributed by atoms with E-state index in [0.717, 1.165) is 27.5 Å². The van der Waals surface area contributed by atoms with Gasteiger partial charge in [0.15, 0.2) is 7.05 Å². The Kier molecular flexibility index (Phi) is 4.92. The minimum Gasteiger partial charge on any atom is -0.347 e. The molecule has 3 rings (SSSR count). The molecule has 0 aliphatic carbocycles. The van der Waals surface area contributed by atoms with Crippen LogP contribution in [-0.2, 0) is 13.6 Å². The molecule has 7 heteroatoms. The summed E-state index contributed by atoms with van der Waals surface area (Å²) in [5, 5.41) is 7.61. The van der Waals surface area contributed by atoms with E-state index in [0.29, 0.717) is 22.1 Å². The first kappa shape index (κ1) is 17.6. The Hall–Kier alpha value is -2.18. The highest BCUT2D eigenvalue weighted by Gasteiger charge is 2.20. The highest BCUT2D eigenvalue weighted by atomic mass is 35.5. The number of halogens is 1. The van der Waals surface area contributed by atoms with Crippen LogP contribution in [0.25, 0.3) is 10.6 Å². The van der Waals surface area contributed by atoms with Crippen molar-refractivity contribution in [1.29, 1.82) is 0 Å². The van der Waals surface area contributed by atoms with Gasteiger partial charge in [-0.15, -0.1) is 16.0 Å². The normalized spacial score (nSPS) is 10.9. The molecule has 0 atom stereocenters. The molecule has 0 spiro atoms. The maximum absolute atomic E-state index is 12.6. The van der Waals surface area contributed by atoms with Crippen LogP contribution >= 0.6 is 22.9 Å². The van der Waals surface area contributed by atoms with Gasteiger partial charge in [0.1, 0.15) is 9.88 Å². The minimum absolute atomic E-state index is 0.115. The van der Waals surface area contributed by atoms with E-state index < -0.39 is 0 Å². The molecule has 1 amide bonds. The lowest BCUT2D eigenvalue weighted by Gasteiger charge is -2.03. The van der Waals surface area contributed by atoms with Crippen molar-refractivity contribution in [3.63, 3.8) is 0 Å². The summed E-state index contributed by atoms with van der Waals surface area (Å²) < 4.78 is 1.95. The van der Waals surface area contributed by atoms with Crippen molar-refractivity contribution in [1.82, 2.24) is 15.4 Å². The van der Waals surface area contributed by atoms with Crippen LogP contribution in [0.2, 0.25) is 5.02 Å². The summed E-state index contributed by atoms with van der Waals surface area (Å²) in [6.07, 6.45) is 0. The Morgan fingerprint density at radius 1 is 1.32 bits per heavy atom. The molecule has 0 aliphatic rings. The van der Waals surface area contributed by atoms with Gasteiger partial charge in [0.05, 0.1) is 28.5 Å². The van der Waals surface area contributed by atoms with E-state index in [9.17, 15) is 4.79 Å². The molecule has 0 radical (unpaired) electrons. The molecule has 0 unspecified atom stereocenters. The second kappa shape index (κ2) is 6.98. The predicted octanol–water partition coefficient (Wildman–Crippen LogP) is 3.47. The molecule has 2 N–H and O–H groups in total. The van der Waals surface area contributed by atoms with E-state index in [4.69, 9.17) is 11.6 Å². The van der Waals surface area contributed by atoms with Crippen LogP contribution in [0.3, 0.4) is 0 Å². The number of carbonyl (C=O) groups excluding carboxylic acids is 1. The molecule has 0 aliphatic heterocycles. The number of rotatable bonds is 4. The van der Waals surface area contributed by atoms with E-state index >= 15 is 0 Å². The summed E-state index contributed by atoms with van der Waals surface area (Å²) in [6.45, 7) is 6.35. The number of H-pyrrole nitrogens is 1. The van der Waals surface area contributed by atoms with Gasteiger partial charge >= 0.3 is 0 Å². The topological polar surface area (TPSA) is 61.7 Å². The molecule has 2 heterocycles. The van der Waals surface area contributed by atoms with Gasteiger partial charge in [-0.25, -0.2) is 4.98 Å². The van der Waals surface area contributed by atoms with E-state index in [1.807, 2.05) is 56.8 Å². The Balaban J connectivity index is 1.80. The molecule has 25 heavy (non-hydrogen) atoms. The average molecular weight is 376 g/mol. The van der Waals surface area contributed by atoms with Crippen LogP contribution in [0.5, 0.6) is 0 Å². The largest absolute Gasteiger partial charge is 0.347 e. The summed E-state index contributed by atoms with van der Waals surface area (Å²) in [7, 11) is 1.96. The maximum atomic E-state index is 12.6. The summed E-state index contributed by atoms with van der Waals surface area (Å²) in [5.41, 5.74) is 4.82. The van der Waals surface area contributed by atoms with Gasteiger partial charge < -0.3 is 5.32 Å². The molecule has 130 valence electrons. The summed E-state index contributed by atoms with van der Waals surface area (Å²) in [5.74, 6) is -0.115. The number of aromatic amines is 1. The van der Waals surface area contributed by atoms with Gasteiger partial charge in [0.2, 0.25) is 5.69 Å². The number of hydrogen-bond donors (Lipinski definition) is 2. The first-order chi connectivity index (χ1) is 11.9. The molecule has 1 aromatic carbocycles. The van der Waals surface area contributed by atoms with Crippen molar-refractivity contribution in [2.24, 2.45) is 7.05 Å². The molecular formula is C18H20ClN4OS+. The zero-order valence-electron chi connectivity index (χ0n) is 14.6. The highest BCUT2D eigenvalue weighted by Crippen LogP contribution is 2.32. The zero-order chi connectivity index (χ0) is 18.1. The van der Waals surface area contributed by atoms with Crippen LogP contribution < -0.4 is 10.00 Å². The Morgan fingerprint density at radius 3 is 2.68 bits per heavy atom. The molecule has 0 saturated heterocycles. The van der Waals surface area contributed by atoms with Crippen molar-refractivity contribution in [3.05, 3.63) is 56.8 Å². The minimum atomic E-state index is -0.115. The zero-order valence-corrected chi connectivity index (χ0v) is 16.2. The van der Waals surface area contributed by atoms with Gasteiger partial charge in [-0.1, -0.05) is 29.8 Å². The number of aromatic nitrogens is 3. The second-order valence-corrected chi connectivity index (χ2v) is 7.36. The molecule has 3 aromatic rings. The van der Waals surface area contributed by atoms with Crippen molar-refractivity contribution in [3.8, 4) is 10.6 Å². The molecule has 5 nitrogen and oxygen atoms in total. The number of nitrogens with one attached hydrogen (secondary N) is 2. The van der Waals surface area contributed by atoms with Crippen LogP contribution in [0.4, 0.5) is 0 Å². The lowest BCUT2D eigenvalue weighted by molar-refractivity contribution is -0.732. The van der Waals surface area contributed by atoms with Crippen LogP contribution in [0.1, 0.15) is 32.3 Å². The average Bonchev–Trinajstić information content (AvgIpc) is 3.06. The Morgan fingerprint density at radius 2 is 2.04 bits per heavy atom. The molecule has 0 bridgehead atoms. The third-order valence-corrected chi connectivity index (χ3v) is 5.78. The fourth-order valence-corrected chi connectivity index (χ4v) is 4.05. The molecule has 2 aromatic heterocycles. The third-order valence-electron chi connectivity index (χ3n) is 4.26. The number of aryl methyl sites for hydroxylation is 3. The standard InChI is InChI=1S/C18H19ClN4OS/c1-10-14(12(3)23(4)22-10)9-20-17(24)16-11(2)21-18(25-16)13-7-5-6-8-15(13)19/h5-8H,9H2,1-4H3,(H,20,24)/p+1. The van der Waals surface area contributed by atoms with Crippen molar-refractivity contribution in [2.75, 3.05) is 0 Å². The summed E-state index contributed by atoms with van der Waals surface area (Å²) in [4.78, 5) is 17.7. The number of nitrogens with zero attached hydrogens (tertiary/aromatic N) is 2. The van der Waals surface area contributed by atoms with Gasteiger partial charge in [0, 0.05) is 12.5 Å². The van der Waals surface area contributed by atoms with Gasteiger partial charge in [-0.3, -0.25) is 4.79 Å². The number of thiazole rings is 1. The van der Waals surface area contributed by atoms with Crippen LogP contribution in [-0.4, -0.2) is 16.0 Å². The quantitative estimate of drug-likeness (QED) is 0.686. The Bertz CT molecular complexity index is 945. The van der Waals surface area contributed by atoms with Crippen molar-refractivity contribution < 1.29 is 9.48 Å². The maximum Gasteiger partial charge on any atom is 0.263 e. The van der Waals surface area contributed by atoms with E-state index in [1.54, 1.807) is 0 Å². The SMILES string of the molecule is Cc1nc(-c2ccccc2Cl)sc1C(=O)NCc1c(C)[nH][n+](C)c1C. The fourth-order valence-electron chi connectivity index (χ4n) is 2.74. The number of benzene rings is 1. The number of carbonyl (C=O) groups is 1. The van der Waals surface area contributed by atoms with E-state index in [-0.39, 0.29) is 5.91 Å². The number of amides is 1. The third kappa shape index (κ3) is 3.45. The Labute approximate surface area is 155 Å². The number of hydrogen-bond acceptors (Lipinski definition) is 3. The van der Waals surface area contributed by atoms with E-state index in [2.05, 4.69) is 15.4 Å². The van der Waals surface area contributed by atoms with Crippen LogP contribution in [0.15, 0.2) is 24.3 Å². The summed E-state index contributed by atoms with van der Waals surface area (Å²) in [6, 6.07) is 7.52. The lowest BCUT2D eigenvalue weighted by atomic mass is 10.2. The molecule has 0 fully saturated rings. The summed E-state index contributed by atoms with van der Waals surface area (Å²) >= 11 is 7.60. The lowest BCUT2D eigenvalue weighted by Crippen LogP contribution is -2.33. The highest BCUT2D eigenvalue weighted by molar-refractivity contribution is 7.17. The van der Waals surface area contributed by atoms with Gasteiger partial charge in [-0.2, -0.15) is 5.10 Å². The van der Waals surface area contributed by atoms with Crippen LogP contribution in [0, 0.1) is 20.8 Å². The first-order valence-electron chi connectivity index (χ1n) is 7.93. The smallest absolute Gasteiger partial charge is 0.263 e. The monoisotopic (exact) mass is 375 g/mol. The molecular weight excluding hydrogens is 356 g/mol. The van der Waals surface area contributed by atoms with Crippen molar-refractivity contribution >= 4 is 28.8 Å². The second-order valence-electron chi connectivity index (χ2n) is 5.96. The van der Waals surface area contributed by atoms with E-state index in [1.165, 1.54) is 11.3 Å². The molecule has 0 saturated carbocycles. The fraction of sp³-hybridized carbons (Fsp3) is 0.278.